The van der Waals surface area contributed by atoms with Gasteiger partial charge < -0.3 is 31.1 Å². The topological polar surface area (TPSA) is 138 Å². The molecule has 9 nitrogen and oxygen atoms in total. The molecule has 0 spiro atoms. The van der Waals surface area contributed by atoms with Crippen LogP contribution in [0.15, 0.2) is 97.3 Å². The number of nitrogens with one attached hydrogen (secondary N) is 4. The van der Waals surface area contributed by atoms with Crippen LogP contribution in [0.3, 0.4) is 0 Å². The van der Waals surface area contributed by atoms with Crippen molar-refractivity contribution in [1.82, 2.24) is 25.6 Å². The zero-order valence-electron chi connectivity index (χ0n) is 23.8. The molecule has 6 N–H and O–H groups in total. The first kappa shape index (κ1) is 28.8. The number of H-pyrrole nitrogens is 2. The first-order valence-electron chi connectivity index (χ1n) is 13.9. The molecule has 0 aliphatic carbocycles. The molecule has 1 unspecified atom stereocenters. The van der Waals surface area contributed by atoms with Gasteiger partial charge in [0.2, 0.25) is 11.8 Å². The van der Waals surface area contributed by atoms with Crippen molar-refractivity contribution in [3.05, 3.63) is 114 Å². The van der Waals surface area contributed by atoms with E-state index in [9.17, 15) is 9.59 Å². The molecular weight excluding hydrogens is 528 g/mol. The highest BCUT2D eigenvalue weighted by atomic mass is 16.5. The van der Waals surface area contributed by atoms with Gasteiger partial charge in [0.05, 0.1) is 36.7 Å². The number of aromatic amines is 2. The molecule has 0 radical (unpaired) electrons. The van der Waals surface area contributed by atoms with E-state index in [-0.39, 0.29) is 6.61 Å². The van der Waals surface area contributed by atoms with Gasteiger partial charge in [-0.25, -0.2) is 4.98 Å². The summed E-state index contributed by atoms with van der Waals surface area (Å²) in [6, 6.07) is 26.0. The Balaban J connectivity index is 1.40. The minimum atomic E-state index is -1.17. The number of amides is 2. The van der Waals surface area contributed by atoms with Crippen LogP contribution in [0.25, 0.3) is 22.2 Å². The van der Waals surface area contributed by atoms with Crippen molar-refractivity contribution in [3.63, 3.8) is 0 Å². The standard InChI is InChI=1S/C33H36N6O3/c1-33(2,34)32(41)39-29(21-42-20-22-11-5-3-6-12-22)31(40)38-27(17-24-18-35-26-16-10-9-15-25(24)26)30-36-19-28(37-30)23-13-7-4-8-14-23/h3-16,18-19,27,29,35H,17,20-21,34H2,1-2H3,(H,36,37)(H,38,40)(H,39,41)/t27-,29?/m1/s1. The summed E-state index contributed by atoms with van der Waals surface area (Å²) in [5.41, 5.74) is 9.68. The van der Waals surface area contributed by atoms with Crippen molar-refractivity contribution < 1.29 is 14.3 Å². The zero-order valence-corrected chi connectivity index (χ0v) is 23.8. The lowest BCUT2D eigenvalue weighted by Crippen LogP contribution is -2.57. The molecule has 0 aliphatic rings. The Morgan fingerprint density at radius 1 is 0.952 bits per heavy atom. The fourth-order valence-corrected chi connectivity index (χ4v) is 4.68. The van der Waals surface area contributed by atoms with Crippen LogP contribution in [0.4, 0.5) is 0 Å². The third kappa shape index (κ3) is 7.12. The van der Waals surface area contributed by atoms with E-state index in [0.29, 0.717) is 18.9 Å². The first-order valence-corrected chi connectivity index (χ1v) is 13.9. The highest BCUT2D eigenvalue weighted by molar-refractivity contribution is 5.91. The predicted octanol–water partition coefficient (Wildman–Crippen LogP) is 4.40. The number of benzene rings is 3. The van der Waals surface area contributed by atoms with Crippen LogP contribution in [0, 0.1) is 0 Å². The van der Waals surface area contributed by atoms with Gasteiger partial charge in [-0.05, 0) is 36.6 Å². The van der Waals surface area contributed by atoms with Crippen LogP contribution in [0.1, 0.15) is 36.8 Å². The Bertz CT molecular complexity index is 1620. The zero-order chi connectivity index (χ0) is 29.5. The molecule has 5 aromatic rings. The number of carbonyl (C=O) groups is 2. The van der Waals surface area contributed by atoms with E-state index in [1.807, 2.05) is 91.1 Å². The number of ether oxygens (including phenoxy) is 1. The Kier molecular flexibility index (Phi) is 8.80. The average molecular weight is 565 g/mol. The molecule has 0 aliphatic heterocycles. The summed E-state index contributed by atoms with van der Waals surface area (Å²) < 4.78 is 5.88. The van der Waals surface area contributed by atoms with Gasteiger partial charge >= 0.3 is 0 Å². The van der Waals surface area contributed by atoms with Gasteiger partial charge in [0, 0.05) is 23.5 Å². The Labute approximate surface area is 244 Å². The van der Waals surface area contributed by atoms with E-state index in [0.717, 1.165) is 33.3 Å². The molecule has 0 fully saturated rings. The molecular formula is C33H36N6O3. The monoisotopic (exact) mass is 564 g/mol. The lowest BCUT2D eigenvalue weighted by molar-refractivity contribution is -0.133. The van der Waals surface area contributed by atoms with E-state index in [1.165, 1.54) is 0 Å². The third-order valence-electron chi connectivity index (χ3n) is 7.03. The molecule has 216 valence electrons. The number of aromatic nitrogens is 3. The summed E-state index contributed by atoms with van der Waals surface area (Å²) in [5, 5.41) is 6.97. The second kappa shape index (κ2) is 12.8. The molecule has 3 aromatic carbocycles. The normalized spacial score (nSPS) is 13.0. The van der Waals surface area contributed by atoms with Crippen LogP contribution >= 0.6 is 0 Å². The van der Waals surface area contributed by atoms with Crippen molar-refractivity contribution in [3.8, 4) is 11.3 Å². The minimum absolute atomic E-state index is 0.0320. The number of carbonyl (C=O) groups excluding carboxylic acids is 2. The maximum Gasteiger partial charge on any atom is 0.245 e. The van der Waals surface area contributed by atoms with E-state index < -0.39 is 29.4 Å². The fraction of sp³-hybridized carbons (Fsp3) is 0.242. The van der Waals surface area contributed by atoms with Crippen molar-refractivity contribution in [2.45, 2.75) is 44.5 Å². The number of para-hydroxylation sites is 1. The van der Waals surface area contributed by atoms with Crippen molar-refractivity contribution in [1.29, 1.82) is 0 Å². The number of rotatable bonds is 12. The third-order valence-corrected chi connectivity index (χ3v) is 7.03. The lowest BCUT2D eigenvalue weighted by Gasteiger charge is -2.26. The van der Waals surface area contributed by atoms with E-state index in [1.54, 1.807) is 20.0 Å². The average Bonchev–Trinajstić information content (AvgIpc) is 3.65. The number of imidazole rings is 1. The lowest BCUT2D eigenvalue weighted by atomic mass is 10.0. The largest absolute Gasteiger partial charge is 0.374 e. The van der Waals surface area contributed by atoms with Crippen LogP contribution < -0.4 is 16.4 Å². The van der Waals surface area contributed by atoms with Crippen molar-refractivity contribution >= 4 is 22.7 Å². The SMILES string of the molecule is CC(C)(N)C(=O)NC(COCc1ccccc1)C(=O)N[C@H](Cc1c[nH]c2ccccc12)c1ncc(-c2ccccc2)[nH]1. The second-order valence-electron chi connectivity index (χ2n) is 10.9. The van der Waals surface area contributed by atoms with E-state index >= 15 is 0 Å². The minimum Gasteiger partial charge on any atom is -0.374 e. The molecule has 9 heteroatoms. The molecule has 42 heavy (non-hydrogen) atoms. The molecule has 2 atom stereocenters. The number of hydrogen-bond donors (Lipinski definition) is 5. The summed E-state index contributed by atoms with van der Waals surface area (Å²) in [4.78, 5) is 38.0. The molecule has 5 rings (SSSR count). The molecule has 0 bridgehead atoms. The Morgan fingerprint density at radius 2 is 1.64 bits per heavy atom. The maximum atomic E-state index is 13.8. The summed E-state index contributed by atoms with van der Waals surface area (Å²) in [5.74, 6) is -0.256. The van der Waals surface area contributed by atoms with Gasteiger partial charge in [-0.1, -0.05) is 78.9 Å². The van der Waals surface area contributed by atoms with Crippen LogP contribution in [0.2, 0.25) is 0 Å². The number of hydrogen-bond acceptors (Lipinski definition) is 5. The van der Waals surface area contributed by atoms with E-state index in [2.05, 4.69) is 25.6 Å². The highest BCUT2D eigenvalue weighted by Crippen LogP contribution is 2.25. The van der Waals surface area contributed by atoms with Gasteiger partial charge in [0.15, 0.2) is 0 Å². The van der Waals surface area contributed by atoms with Crippen molar-refractivity contribution in [2.75, 3.05) is 6.61 Å². The summed E-state index contributed by atoms with van der Waals surface area (Å²) in [7, 11) is 0. The van der Waals surface area contributed by atoms with Crippen LogP contribution in [-0.4, -0.2) is 45.0 Å². The number of fused-ring (bicyclic) bond motifs is 1. The molecule has 0 saturated carbocycles. The van der Waals surface area contributed by atoms with Gasteiger partial charge in [0.1, 0.15) is 11.9 Å². The maximum absolute atomic E-state index is 13.8. The summed E-state index contributed by atoms with van der Waals surface area (Å²) in [6.45, 7) is 3.45. The molecule has 2 amide bonds. The van der Waals surface area contributed by atoms with Gasteiger partial charge in [-0.3, -0.25) is 9.59 Å². The van der Waals surface area contributed by atoms with E-state index in [4.69, 9.17) is 10.5 Å². The predicted molar refractivity (Wildman–Crippen MR) is 163 cm³/mol. The highest BCUT2D eigenvalue weighted by Gasteiger charge is 2.30. The quantitative estimate of drug-likeness (QED) is 0.153. The number of nitrogens with two attached hydrogens (primary N) is 1. The van der Waals surface area contributed by atoms with Gasteiger partial charge in [-0.2, -0.15) is 0 Å². The first-order chi connectivity index (χ1) is 20.3. The second-order valence-corrected chi connectivity index (χ2v) is 10.9. The van der Waals surface area contributed by atoms with Gasteiger partial charge in [0.25, 0.3) is 0 Å². The molecule has 2 heterocycles. The summed E-state index contributed by atoms with van der Waals surface area (Å²) in [6.07, 6.45) is 4.17. The fourth-order valence-electron chi connectivity index (χ4n) is 4.68. The van der Waals surface area contributed by atoms with Crippen LogP contribution in [-0.2, 0) is 27.4 Å². The number of nitrogens with zero attached hydrogens (tertiary/aromatic N) is 1. The Morgan fingerprint density at radius 3 is 2.38 bits per heavy atom. The summed E-state index contributed by atoms with van der Waals surface area (Å²) >= 11 is 0. The molecule has 0 saturated heterocycles. The van der Waals surface area contributed by atoms with Crippen molar-refractivity contribution in [2.24, 2.45) is 5.73 Å². The van der Waals surface area contributed by atoms with Gasteiger partial charge in [-0.15, -0.1) is 0 Å². The Hall–Kier alpha value is -4.73. The molecule has 2 aromatic heterocycles. The van der Waals surface area contributed by atoms with Crippen LogP contribution in [0.5, 0.6) is 0 Å². The smallest absolute Gasteiger partial charge is 0.245 e.